The average Bonchev–Trinajstić information content (AvgIpc) is 3.34. The summed E-state index contributed by atoms with van der Waals surface area (Å²) in [5.41, 5.74) is 19.1. The third-order valence-electron chi connectivity index (χ3n) is 13.9. The molecule has 9 aromatic rings. The first-order valence-electron chi connectivity index (χ1n) is 22.9. The van der Waals surface area contributed by atoms with Gasteiger partial charge in [0.05, 0.1) is 0 Å². The Hall–Kier alpha value is -7.96. The van der Waals surface area contributed by atoms with Crippen molar-refractivity contribution in [3.05, 3.63) is 228 Å². The summed E-state index contributed by atoms with van der Waals surface area (Å²) in [6, 6.07) is 72.2. The van der Waals surface area contributed by atoms with Crippen molar-refractivity contribution >= 4 is 74.3 Å². The molecule has 5 nitrogen and oxygen atoms in total. The van der Waals surface area contributed by atoms with E-state index in [4.69, 9.17) is 9.47 Å². The Morgan fingerprint density at radius 1 is 0.409 bits per heavy atom. The van der Waals surface area contributed by atoms with Gasteiger partial charge in [0, 0.05) is 73.8 Å². The number of hydrogen-bond acceptors (Lipinski definition) is 5. The van der Waals surface area contributed by atoms with E-state index in [1.54, 1.807) is 0 Å². The summed E-state index contributed by atoms with van der Waals surface area (Å²) in [5.74, 6) is 3.52. The molecule has 0 saturated carbocycles. The number of aryl methyl sites for hydroxylation is 3. The van der Waals surface area contributed by atoms with Crippen molar-refractivity contribution in [2.45, 2.75) is 40.0 Å². The third-order valence-corrected chi connectivity index (χ3v) is 13.9. The molecule has 66 heavy (non-hydrogen) atoms. The Balaban J connectivity index is 1.03. The van der Waals surface area contributed by atoms with Crippen LogP contribution in [0.2, 0.25) is 0 Å². The van der Waals surface area contributed by atoms with Crippen molar-refractivity contribution in [3.8, 4) is 23.0 Å². The second-order valence-electron chi connectivity index (χ2n) is 18.4. The van der Waals surface area contributed by atoms with E-state index in [0.29, 0.717) is 0 Å². The summed E-state index contributed by atoms with van der Waals surface area (Å²) in [7, 11) is 0. The minimum Gasteiger partial charge on any atom is -0.458 e. The van der Waals surface area contributed by atoms with Crippen LogP contribution in [0.15, 0.2) is 200 Å². The van der Waals surface area contributed by atoms with Crippen LogP contribution in [-0.2, 0) is 5.41 Å². The van der Waals surface area contributed by atoms with Gasteiger partial charge in [0.1, 0.15) is 23.0 Å². The average molecular weight is 854 g/mol. The highest BCUT2D eigenvalue weighted by Crippen LogP contribution is 2.51. The van der Waals surface area contributed by atoms with Gasteiger partial charge in [-0.05, 0) is 151 Å². The van der Waals surface area contributed by atoms with Crippen LogP contribution in [0.4, 0.5) is 51.2 Å². The van der Waals surface area contributed by atoms with E-state index in [0.717, 1.165) is 85.2 Å². The molecule has 0 fully saturated rings. The van der Waals surface area contributed by atoms with Crippen LogP contribution in [0.5, 0.6) is 23.0 Å². The summed E-state index contributed by atoms with van der Waals surface area (Å²) in [4.78, 5) is 7.13. The van der Waals surface area contributed by atoms with Crippen LogP contribution in [0, 0.1) is 20.8 Å². The number of hydrogen-bond donors (Lipinski definition) is 0. The smallest absolute Gasteiger partial charge is 0.256 e. The normalized spacial score (nSPS) is 13.5. The molecule has 0 unspecified atom stereocenters. The first kappa shape index (κ1) is 39.6. The van der Waals surface area contributed by atoms with E-state index in [2.05, 4.69) is 243 Å². The highest BCUT2D eigenvalue weighted by Gasteiger charge is 2.42. The van der Waals surface area contributed by atoms with Gasteiger partial charge in [-0.3, -0.25) is 0 Å². The Labute approximate surface area is 387 Å². The second-order valence-corrected chi connectivity index (χ2v) is 18.4. The number of benzene rings is 9. The maximum absolute atomic E-state index is 7.11. The molecule has 0 bridgehead atoms. The van der Waals surface area contributed by atoms with Crippen LogP contribution in [-0.4, -0.2) is 6.71 Å². The largest absolute Gasteiger partial charge is 0.458 e. The van der Waals surface area contributed by atoms with Gasteiger partial charge in [-0.2, -0.15) is 0 Å². The van der Waals surface area contributed by atoms with Crippen molar-refractivity contribution in [2.75, 3.05) is 14.7 Å². The van der Waals surface area contributed by atoms with E-state index >= 15 is 0 Å². The van der Waals surface area contributed by atoms with Gasteiger partial charge in [0.2, 0.25) is 0 Å². The zero-order valence-corrected chi connectivity index (χ0v) is 37.8. The zero-order chi connectivity index (χ0) is 44.7. The summed E-state index contributed by atoms with van der Waals surface area (Å²) < 4.78 is 13.6. The van der Waals surface area contributed by atoms with Gasteiger partial charge in [-0.15, -0.1) is 0 Å². The predicted octanol–water partition coefficient (Wildman–Crippen LogP) is 14.4. The molecule has 0 amide bonds. The van der Waals surface area contributed by atoms with Crippen molar-refractivity contribution in [3.63, 3.8) is 0 Å². The van der Waals surface area contributed by atoms with Gasteiger partial charge in [-0.1, -0.05) is 110 Å². The van der Waals surface area contributed by atoms with Crippen LogP contribution in [0.1, 0.15) is 41.7 Å². The Bertz CT molecular complexity index is 3310. The fourth-order valence-corrected chi connectivity index (χ4v) is 10.4. The van der Waals surface area contributed by atoms with E-state index in [9.17, 15) is 0 Å². The van der Waals surface area contributed by atoms with Gasteiger partial charge >= 0.3 is 0 Å². The number of ether oxygens (including phenoxy) is 2. The van der Waals surface area contributed by atoms with Gasteiger partial charge in [0.25, 0.3) is 6.71 Å². The molecule has 0 aromatic heterocycles. The number of para-hydroxylation sites is 3. The molecular weight excluding hydrogens is 805 g/mol. The van der Waals surface area contributed by atoms with E-state index in [1.165, 1.54) is 33.2 Å². The highest BCUT2D eigenvalue weighted by molar-refractivity contribution is 6.99. The zero-order valence-electron chi connectivity index (χ0n) is 37.8. The van der Waals surface area contributed by atoms with Crippen LogP contribution in [0.25, 0.3) is 0 Å². The summed E-state index contributed by atoms with van der Waals surface area (Å²) in [6.45, 7) is 11.0. The molecule has 0 N–H and O–H groups in total. The number of fused-ring (bicyclic) bond motifs is 6. The fourth-order valence-electron chi connectivity index (χ4n) is 10.4. The molecular formula is C60H48BN3O2. The van der Waals surface area contributed by atoms with Crippen molar-refractivity contribution in [1.82, 2.24) is 0 Å². The quantitative estimate of drug-likeness (QED) is 0.149. The van der Waals surface area contributed by atoms with Crippen molar-refractivity contribution in [2.24, 2.45) is 0 Å². The topological polar surface area (TPSA) is 28.2 Å². The van der Waals surface area contributed by atoms with Gasteiger partial charge in [0.15, 0.2) is 0 Å². The molecule has 3 heterocycles. The highest BCUT2D eigenvalue weighted by atomic mass is 16.5. The van der Waals surface area contributed by atoms with Crippen LogP contribution < -0.4 is 40.6 Å². The Morgan fingerprint density at radius 3 is 1.73 bits per heavy atom. The monoisotopic (exact) mass is 853 g/mol. The lowest BCUT2D eigenvalue weighted by Crippen LogP contribution is -2.59. The lowest BCUT2D eigenvalue weighted by atomic mass is 9.34. The summed E-state index contributed by atoms with van der Waals surface area (Å²) >= 11 is 0. The lowest BCUT2D eigenvalue weighted by Gasteiger charge is -2.41. The number of rotatable bonds is 7. The first-order chi connectivity index (χ1) is 32.2. The molecule has 0 saturated heterocycles. The molecule has 318 valence electrons. The standard InChI is InChI=1S/C60H48BN3O2/c1-39-23-26-44(27-24-39)64-53-20-14-22-57-59(53)61(51-32-29-47(37-54(51)64)62(42-15-8-6-9-16-42)43-17-10-7-11-18-43)52-33-30-48(38-58(52)66-57)63(45-28-25-40(2)41(3)35-45)46-31-34-56-50(36-46)60(4,5)49-19-12-13-21-55(49)65-56/h6-38H,1-5H3. The molecule has 0 radical (unpaired) electrons. The predicted molar refractivity (Wildman–Crippen MR) is 275 cm³/mol. The molecule has 3 aliphatic heterocycles. The van der Waals surface area contributed by atoms with E-state index in [1.807, 2.05) is 6.07 Å². The summed E-state index contributed by atoms with van der Waals surface area (Å²) in [6.07, 6.45) is 0. The third kappa shape index (κ3) is 6.39. The Morgan fingerprint density at radius 2 is 0.985 bits per heavy atom. The second kappa shape index (κ2) is 15.3. The molecule has 0 atom stereocenters. The minimum absolute atomic E-state index is 0.0709. The molecule has 0 aliphatic carbocycles. The SMILES string of the molecule is Cc1ccc(N2c3cc(N(c4ccccc4)c4ccccc4)ccc3B3c4ccc(N(c5ccc(C)c(C)c5)c5ccc6c(c5)C(C)(C)c5ccccc5O6)cc4Oc4cccc2c43)cc1. The van der Waals surface area contributed by atoms with E-state index < -0.39 is 0 Å². The van der Waals surface area contributed by atoms with Crippen molar-refractivity contribution in [1.29, 1.82) is 0 Å². The molecule has 12 rings (SSSR count). The molecule has 0 spiro atoms. The minimum atomic E-state index is -0.268. The number of nitrogens with zero attached hydrogens (tertiary/aromatic N) is 3. The first-order valence-corrected chi connectivity index (χ1v) is 22.9. The lowest BCUT2D eigenvalue weighted by molar-refractivity contribution is 0.418. The summed E-state index contributed by atoms with van der Waals surface area (Å²) in [5, 5.41) is 0. The molecule has 3 aliphatic rings. The van der Waals surface area contributed by atoms with Crippen LogP contribution >= 0.6 is 0 Å². The fraction of sp³-hybridized carbons (Fsp3) is 0.100. The molecule has 9 aromatic carbocycles. The Kier molecular flexibility index (Phi) is 9.21. The van der Waals surface area contributed by atoms with Gasteiger partial charge in [-0.25, -0.2) is 0 Å². The number of anilines is 9. The van der Waals surface area contributed by atoms with Crippen LogP contribution in [0.3, 0.4) is 0 Å². The molecule has 6 heteroatoms. The maximum atomic E-state index is 7.11. The van der Waals surface area contributed by atoms with Gasteiger partial charge < -0.3 is 24.2 Å². The van der Waals surface area contributed by atoms with Crippen molar-refractivity contribution < 1.29 is 9.47 Å². The van der Waals surface area contributed by atoms with E-state index in [-0.39, 0.29) is 12.1 Å². The maximum Gasteiger partial charge on any atom is 0.256 e.